The van der Waals surface area contributed by atoms with Gasteiger partial charge in [0.1, 0.15) is 10.4 Å². The average Bonchev–Trinajstić information content (AvgIpc) is 3.03. The molecule has 2 aromatic carbocycles. The molecule has 0 bridgehead atoms. The zero-order valence-corrected chi connectivity index (χ0v) is 19.7. The fourth-order valence-corrected chi connectivity index (χ4v) is 5.46. The number of rotatable bonds is 5. The van der Waals surface area contributed by atoms with Crippen molar-refractivity contribution in [1.29, 1.82) is 0 Å². The van der Waals surface area contributed by atoms with Crippen LogP contribution in [0.15, 0.2) is 56.9 Å². The quantitative estimate of drug-likeness (QED) is 0.190. The van der Waals surface area contributed by atoms with E-state index < -0.39 is 0 Å². The SMILES string of the molecule is COc1ccc(Cl)cc1-n1c(=S)sc2c(=O)[nH]c(SCc3cccc(Br)c3)nc21. The number of hydrogen-bond donors (Lipinski definition) is 1. The summed E-state index contributed by atoms with van der Waals surface area (Å²) in [5, 5.41) is 1.06. The smallest absolute Gasteiger partial charge is 0.271 e. The minimum Gasteiger partial charge on any atom is -0.495 e. The van der Waals surface area contributed by atoms with Crippen molar-refractivity contribution < 1.29 is 4.74 Å². The van der Waals surface area contributed by atoms with Crippen molar-refractivity contribution in [3.8, 4) is 11.4 Å². The fourth-order valence-electron chi connectivity index (χ4n) is 2.79. The highest BCUT2D eigenvalue weighted by molar-refractivity contribution is 9.10. The highest BCUT2D eigenvalue weighted by atomic mass is 79.9. The van der Waals surface area contributed by atoms with E-state index in [-0.39, 0.29) is 5.56 Å². The summed E-state index contributed by atoms with van der Waals surface area (Å²) < 4.78 is 9.16. The molecule has 0 aliphatic heterocycles. The highest BCUT2D eigenvalue weighted by Gasteiger charge is 2.17. The number of methoxy groups -OCH3 is 1. The minimum atomic E-state index is -0.220. The Balaban J connectivity index is 1.81. The third-order valence-corrected chi connectivity index (χ3v) is 7.10. The maximum absolute atomic E-state index is 12.7. The number of aromatic nitrogens is 3. The van der Waals surface area contributed by atoms with Gasteiger partial charge in [0.15, 0.2) is 14.8 Å². The maximum atomic E-state index is 12.7. The molecule has 0 aliphatic rings. The maximum Gasteiger partial charge on any atom is 0.271 e. The lowest BCUT2D eigenvalue weighted by molar-refractivity contribution is 0.413. The number of nitrogens with zero attached hydrogens (tertiary/aromatic N) is 2. The molecule has 0 radical (unpaired) electrons. The van der Waals surface area contributed by atoms with Crippen LogP contribution in [0.1, 0.15) is 5.56 Å². The number of halogens is 2. The molecule has 5 nitrogen and oxygen atoms in total. The van der Waals surface area contributed by atoms with Crippen LogP contribution in [-0.2, 0) is 5.75 Å². The molecule has 0 amide bonds. The summed E-state index contributed by atoms with van der Waals surface area (Å²) >= 11 is 17.8. The van der Waals surface area contributed by atoms with E-state index in [1.54, 1.807) is 29.9 Å². The van der Waals surface area contributed by atoms with Crippen LogP contribution in [0.4, 0.5) is 0 Å². The Kier molecular flexibility index (Phi) is 6.12. The van der Waals surface area contributed by atoms with Crippen LogP contribution >= 0.6 is 62.8 Å². The van der Waals surface area contributed by atoms with Gasteiger partial charge in [-0.15, -0.1) is 0 Å². The molecule has 0 unspecified atom stereocenters. The molecule has 1 N–H and O–H groups in total. The number of aromatic amines is 1. The summed E-state index contributed by atoms with van der Waals surface area (Å²) in [5.41, 5.74) is 2.03. The van der Waals surface area contributed by atoms with Crippen LogP contribution in [0.2, 0.25) is 5.02 Å². The first kappa shape index (κ1) is 20.6. The van der Waals surface area contributed by atoms with E-state index in [4.69, 9.17) is 28.6 Å². The van der Waals surface area contributed by atoms with E-state index >= 15 is 0 Å². The van der Waals surface area contributed by atoms with Gasteiger partial charge in [-0.3, -0.25) is 9.36 Å². The summed E-state index contributed by atoms with van der Waals surface area (Å²) in [6.07, 6.45) is 0. The predicted octanol–water partition coefficient (Wildman–Crippen LogP) is 6.22. The summed E-state index contributed by atoms with van der Waals surface area (Å²) in [6, 6.07) is 13.3. The van der Waals surface area contributed by atoms with Gasteiger partial charge in [-0.2, -0.15) is 0 Å². The first-order valence-electron chi connectivity index (χ1n) is 8.33. The van der Waals surface area contributed by atoms with E-state index in [0.717, 1.165) is 10.0 Å². The normalized spacial score (nSPS) is 11.1. The second-order valence-electron chi connectivity index (χ2n) is 5.96. The van der Waals surface area contributed by atoms with Gasteiger partial charge >= 0.3 is 0 Å². The molecule has 0 saturated heterocycles. The van der Waals surface area contributed by atoms with Gasteiger partial charge in [-0.25, -0.2) is 4.98 Å². The van der Waals surface area contributed by atoms with Gasteiger partial charge in [-0.1, -0.05) is 62.8 Å². The standard InChI is InChI=1S/C19H13BrClN3O2S3/c1-26-14-6-5-12(21)8-13(14)24-16-15(29-19(24)27)17(25)23-18(22-16)28-9-10-3-2-4-11(20)7-10/h2-8H,9H2,1H3,(H,22,23,25). The molecule has 4 aromatic rings. The topological polar surface area (TPSA) is 59.9 Å². The first-order chi connectivity index (χ1) is 14.0. The van der Waals surface area contributed by atoms with Crippen molar-refractivity contribution >= 4 is 73.2 Å². The van der Waals surface area contributed by atoms with Gasteiger partial charge in [0.2, 0.25) is 0 Å². The van der Waals surface area contributed by atoms with Crippen LogP contribution in [-0.4, -0.2) is 21.6 Å². The van der Waals surface area contributed by atoms with E-state index in [9.17, 15) is 4.79 Å². The number of thioether (sulfide) groups is 1. The highest BCUT2D eigenvalue weighted by Crippen LogP contribution is 2.32. The van der Waals surface area contributed by atoms with E-state index in [0.29, 0.717) is 41.7 Å². The summed E-state index contributed by atoms with van der Waals surface area (Å²) in [7, 11) is 1.57. The molecule has 148 valence electrons. The molecule has 10 heteroatoms. The lowest BCUT2D eigenvalue weighted by Crippen LogP contribution is -2.09. The third-order valence-electron chi connectivity index (χ3n) is 4.07. The Bertz CT molecular complexity index is 1330. The Hall–Kier alpha value is -1.65. The van der Waals surface area contributed by atoms with Gasteiger partial charge in [-0.05, 0) is 48.1 Å². The molecule has 0 fully saturated rings. The first-order valence-corrected chi connectivity index (χ1v) is 11.7. The van der Waals surface area contributed by atoms with Gasteiger partial charge in [0.25, 0.3) is 5.56 Å². The largest absolute Gasteiger partial charge is 0.495 e. The lowest BCUT2D eigenvalue weighted by Gasteiger charge is -2.11. The van der Waals surface area contributed by atoms with Crippen LogP contribution < -0.4 is 10.3 Å². The monoisotopic (exact) mass is 525 g/mol. The zero-order chi connectivity index (χ0) is 20.5. The molecule has 2 aromatic heterocycles. The van der Waals surface area contributed by atoms with Crippen LogP contribution in [0.25, 0.3) is 16.0 Å². The van der Waals surface area contributed by atoms with Crippen LogP contribution in [0.3, 0.4) is 0 Å². The average molecular weight is 527 g/mol. The van der Waals surface area contributed by atoms with E-state index in [2.05, 4.69) is 25.9 Å². The Morgan fingerprint density at radius 2 is 2.17 bits per heavy atom. The minimum absolute atomic E-state index is 0.220. The number of H-pyrrole nitrogens is 1. The van der Waals surface area contributed by atoms with Gasteiger partial charge < -0.3 is 9.72 Å². The van der Waals surface area contributed by atoms with Crippen LogP contribution in [0, 0.1) is 3.95 Å². The molecular formula is C19H13BrClN3O2S3. The summed E-state index contributed by atoms with van der Waals surface area (Å²) in [4.78, 5) is 20.2. The fraction of sp³-hybridized carbons (Fsp3) is 0.105. The van der Waals surface area contributed by atoms with Crippen LogP contribution in [0.5, 0.6) is 5.75 Å². The Morgan fingerprint density at radius 3 is 2.93 bits per heavy atom. The summed E-state index contributed by atoms with van der Waals surface area (Å²) in [6.45, 7) is 0. The van der Waals surface area contributed by atoms with Crippen molar-refractivity contribution in [3.05, 3.63) is 71.8 Å². The number of nitrogens with one attached hydrogen (secondary N) is 1. The number of hydrogen-bond acceptors (Lipinski definition) is 6. The number of ether oxygens (including phenoxy) is 1. The molecule has 29 heavy (non-hydrogen) atoms. The molecule has 4 rings (SSSR count). The van der Waals surface area contributed by atoms with Gasteiger partial charge in [0.05, 0.1) is 12.8 Å². The number of thiazole rings is 1. The van der Waals surface area contributed by atoms with Crippen molar-refractivity contribution in [2.45, 2.75) is 10.9 Å². The van der Waals surface area contributed by atoms with Crippen molar-refractivity contribution in [2.75, 3.05) is 7.11 Å². The Labute approximate surface area is 192 Å². The number of fused-ring (bicyclic) bond motifs is 1. The van der Waals surface area contributed by atoms with Crippen molar-refractivity contribution in [2.24, 2.45) is 0 Å². The lowest BCUT2D eigenvalue weighted by atomic mass is 10.2. The van der Waals surface area contributed by atoms with Crippen molar-refractivity contribution in [3.63, 3.8) is 0 Å². The van der Waals surface area contributed by atoms with E-state index in [1.165, 1.54) is 23.1 Å². The van der Waals surface area contributed by atoms with Gasteiger partial charge in [0, 0.05) is 15.2 Å². The zero-order valence-electron chi connectivity index (χ0n) is 14.9. The molecular weight excluding hydrogens is 514 g/mol. The molecule has 0 spiro atoms. The third kappa shape index (κ3) is 4.29. The van der Waals surface area contributed by atoms with Crippen molar-refractivity contribution in [1.82, 2.24) is 14.5 Å². The summed E-state index contributed by atoms with van der Waals surface area (Å²) in [5.74, 6) is 1.26. The molecule has 0 aliphatic carbocycles. The predicted molar refractivity (Wildman–Crippen MR) is 126 cm³/mol. The second-order valence-corrected chi connectivity index (χ2v) is 9.92. The van der Waals surface area contributed by atoms with E-state index in [1.807, 2.05) is 24.3 Å². The molecule has 2 heterocycles. The molecule has 0 saturated carbocycles. The Morgan fingerprint density at radius 1 is 1.34 bits per heavy atom. The second kappa shape index (κ2) is 8.61. The number of benzene rings is 2. The molecule has 0 atom stereocenters.